The van der Waals surface area contributed by atoms with Gasteiger partial charge in [0, 0.05) is 6.08 Å². The lowest BCUT2D eigenvalue weighted by molar-refractivity contribution is -0.137. The van der Waals surface area contributed by atoms with Crippen LogP contribution in [0.5, 0.6) is 0 Å². The molecule has 2 heteroatoms. The van der Waals surface area contributed by atoms with Gasteiger partial charge in [-0.15, -0.1) is 0 Å². The smallest absolute Gasteiger partial charge is 0.331 e. The van der Waals surface area contributed by atoms with Crippen LogP contribution in [0.4, 0.5) is 0 Å². The minimum atomic E-state index is -0.306. The molecule has 1 aromatic rings. The minimum absolute atomic E-state index is 0.306. The molecule has 0 aliphatic carbocycles. The Morgan fingerprint density at radius 1 is 1.31 bits per heavy atom. The number of rotatable bonds is 4. The molecule has 0 bridgehead atoms. The summed E-state index contributed by atoms with van der Waals surface area (Å²) in [5.41, 5.74) is 1.87. The molecule has 0 spiro atoms. The van der Waals surface area contributed by atoms with Gasteiger partial charge in [0.2, 0.25) is 0 Å². The average Bonchev–Trinajstić information content (AvgIpc) is 2.30. The second kappa shape index (κ2) is 6.62. The maximum absolute atomic E-state index is 11.4. The molecule has 0 aliphatic heterocycles. The SMILES string of the molecule is C/C=C/C(=C/C(=O)OCC)c1ccccc1. The maximum atomic E-state index is 11.4. The number of hydrogen-bond donors (Lipinski definition) is 0. The first-order valence-corrected chi connectivity index (χ1v) is 5.34. The van der Waals surface area contributed by atoms with Gasteiger partial charge in [-0.25, -0.2) is 4.79 Å². The molecular weight excluding hydrogens is 200 g/mol. The lowest BCUT2D eigenvalue weighted by atomic mass is 10.1. The van der Waals surface area contributed by atoms with Crippen LogP contribution in [0.25, 0.3) is 5.57 Å². The Kier molecular flexibility index (Phi) is 5.06. The molecule has 16 heavy (non-hydrogen) atoms. The molecule has 0 radical (unpaired) electrons. The Labute approximate surface area is 96.2 Å². The Bertz CT molecular complexity index is 388. The molecule has 84 valence electrons. The van der Waals surface area contributed by atoms with Crippen LogP contribution < -0.4 is 0 Å². The van der Waals surface area contributed by atoms with E-state index in [4.69, 9.17) is 4.74 Å². The molecule has 1 aromatic carbocycles. The van der Waals surface area contributed by atoms with Crippen LogP contribution in [-0.2, 0) is 9.53 Å². The van der Waals surface area contributed by atoms with Crippen molar-refractivity contribution in [2.45, 2.75) is 13.8 Å². The number of esters is 1. The Hall–Kier alpha value is -1.83. The summed E-state index contributed by atoms with van der Waals surface area (Å²) in [6, 6.07) is 9.76. The predicted molar refractivity (Wildman–Crippen MR) is 65.9 cm³/mol. The van der Waals surface area contributed by atoms with Gasteiger partial charge in [0.1, 0.15) is 0 Å². The van der Waals surface area contributed by atoms with E-state index in [0.717, 1.165) is 11.1 Å². The lowest BCUT2D eigenvalue weighted by Crippen LogP contribution is -2.00. The fraction of sp³-hybridized carbons (Fsp3) is 0.214. The Morgan fingerprint density at radius 2 is 2.00 bits per heavy atom. The molecule has 0 aliphatic rings. The molecule has 0 unspecified atom stereocenters. The second-order valence-corrected chi connectivity index (χ2v) is 3.22. The summed E-state index contributed by atoms with van der Waals surface area (Å²) in [4.78, 5) is 11.4. The van der Waals surface area contributed by atoms with Crippen LogP contribution in [0.3, 0.4) is 0 Å². The molecule has 0 heterocycles. The van der Waals surface area contributed by atoms with E-state index in [0.29, 0.717) is 6.61 Å². The molecular formula is C14H16O2. The number of carbonyl (C=O) groups excluding carboxylic acids is 1. The molecule has 2 nitrogen and oxygen atoms in total. The lowest BCUT2D eigenvalue weighted by Gasteiger charge is -2.02. The van der Waals surface area contributed by atoms with Gasteiger partial charge in [0.05, 0.1) is 6.61 Å². The average molecular weight is 216 g/mol. The summed E-state index contributed by atoms with van der Waals surface area (Å²) in [7, 11) is 0. The topological polar surface area (TPSA) is 26.3 Å². The van der Waals surface area contributed by atoms with E-state index in [-0.39, 0.29) is 5.97 Å². The first-order chi connectivity index (χ1) is 7.77. The Morgan fingerprint density at radius 3 is 2.56 bits per heavy atom. The van der Waals surface area contributed by atoms with E-state index in [2.05, 4.69) is 0 Å². The van der Waals surface area contributed by atoms with Gasteiger partial charge >= 0.3 is 5.97 Å². The summed E-state index contributed by atoms with van der Waals surface area (Å²) in [6.45, 7) is 4.11. The van der Waals surface area contributed by atoms with Crippen molar-refractivity contribution in [3.63, 3.8) is 0 Å². The highest BCUT2D eigenvalue weighted by molar-refractivity contribution is 5.94. The summed E-state index contributed by atoms with van der Waals surface area (Å²) in [5, 5.41) is 0. The standard InChI is InChI=1S/C14H16O2/c1-3-8-13(11-14(15)16-4-2)12-9-6-5-7-10-12/h3,5-11H,4H2,1-2H3/b8-3+,13-11-. The van der Waals surface area contributed by atoms with Crippen LogP contribution in [0.15, 0.2) is 48.6 Å². The minimum Gasteiger partial charge on any atom is -0.463 e. The highest BCUT2D eigenvalue weighted by Crippen LogP contribution is 2.15. The predicted octanol–water partition coefficient (Wildman–Crippen LogP) is 3.21. The van der Waals surface area contributed by atoms with E-state index < -0.39 is 0 Å². The van der Waals surface area contributed by atoms with Crippen LogP contribution in [0.1, 0.15) is 19.4 Å². The Balaban J connectivity index is 2.96. The van der Waals surface area contributed by atoms with Gasteiger partial charge in [0.25, 0.3) is 0 Å². The summed E-state index contributed by atoms with van der Waals surface area (Å²) >= 11 is 0. The molecule has 0 atom stereocenters. The van der Waals surface area contributed by atoms with Gasteiger partial charge in [0.15, 0.2) is 0 Å². The van der Waals surface area contributed by atoms with Crippen molar-refractivity contribution in [3.05, 3.63) is 54.1 Å². The van der Waals surface area contributed by atoms with Crippen molar-refractivity contribution in [2.24, 2.45) is 0 Å². The van der Waals surface area contributed by atoms with Crippen molar-refractivity contribution < 1.29 is 9.53 Å². The number of ether oxygens (including phenoxy) is 1. The van der Waals surface area contributed by atoms with Crippen LogP contribution >= 0.6 is 0 Å². The summed E-state index contributed by atoms with van der Waals surface area (Å²) < 4.78 is 4.89. The van der Waals surface area contributed by atoms with E-state index in [9.17, 15) is 4.79 Å². The fourth-order valence-corrected chi connectivity index (χ4v) is 1.35. The molecule has 1 rings (SSSR count). The van der Waals surface area contributed by atoms with Crippen molar-refractivity contribution in [3.8, 4) is 0 Å². The second-order valence-electron chi connectivity index (χ2n) is 3.22. The molecule has 0 saturated carbocycles. The quantitative estimate of drug-likeness (QED) is 0.439. The third-order valence-electron chi connectivity index (χ3n) is 2.01. The van der Waals surface area contributed by atoms with Gasteiger partial charge < -0.3 is 4.74 Å². The van der Waals surface area contributed by atoms with E-state index >= 15 is 0 Å². The third-order valence-corrected chi connectivity index (χ3v) is 2.01. The fourth-order valence-electron chi connectivity index (χ4n) is 1.35. The van der Waals surface area contributed by atoms with Crippen LogP contribution in [0, 0.1) is 0 Å². The van der Waals surface area contributed by atoms with E-state index in [1.807, 2.05) is 49.4 Å². The molecule has 0 amide bonds. The van der Waals surface area contributed by atoms with E-state index in [1.54, 1.807) is 6.92 Å². The van der Waals surface area contributed by atoms with Gasteiger partial charge in [-0.05, 0) is 25.0 Å². The van der Waals surface area contributed by atoms with Crippen LogP contribution in [0.2, 0.25) is 0 Å². The van der Waals surface area contributed by atoms with Crippen molar-refractivity contribution in [2.75, 3.05) is 6.61 Å². The largest absolute Gasteiger partial charge is 0.463 e. The highest BCUT2D eigenvalue weighted by Gasteiger charge is 2.01. The zero-order valence-electron chi connectivity index (χ0n) is 9.64. The first kappa shape index (κ1) is 12.2. The molecule has 0 N–H and O–H groups in total. The van der Waals surface area contributed by atoms with Crippen molar-refractivity contribution in [1.29, 1.82) is 0 Å². The molecule has 0 fully saturated rings. The monoisotopic (exact) mass is 216 g/mol. The van der Waals surface area contributed by atoms with Gasteiger partial charge in [-0.2, -0.15) is 0 Å². The first-order valence-electron chi connectivity index (χ1n) is 5.34. The van der Waals surface area contributed by atoms with Gasteiger partial charge in [-0.3, -0.25) is 0 Å². The maximum Gasteiger partial charge on any atom is 0.331 e. The number of hydrogen-bond acceptors (Lipinski definition) is 2. The normalized spacial score (nSPS) is 11.8. The number of allylic oxidation sites excluding steroid dienone is 3. The molecule has 0 aromatic heterocycles. The highest BCUT2D eigenvalue weighted by atomic mass is 16.5. The number of carbonyl (C=O) groups is 1. The van der Waals surface area contributed by atoms with Gasteiger partial charge in [-0.1, -0.05) is 42.5 Å². The summed E-state index contributed by atoms with van der Waals surface area (Å²) in [6.07, 6.45) is 5.31. The summed E-state index contributed by atoms with van der Waals surface area (Å²) in [5.74, 6) is -0.306. The molecule has 0 saturated heterocycles. The number of benzene rings is 1. The van der Waals surface area contributed by atoms with Crippen molar-refractivity contribution >= 4 is 11.5 Å². The van der Waals surface area contributed by atoms with E-state index in [1.165, 1.54) is 6.08 Å². The third kappa shape index (κ3) is 3.73. The zero-order chi connectivity index (χ0) is 11.8. The van der Waals surface area contributed by atoms with Crippen LogP contribution in [-0.4, -0.2) is 12.6 Å². The van der Waals surface area contributed by atoms with Crippen molar-refractivity contribution in [1.82, 2.24) is 0 Å². The zero-order valence-corrected chi connectivity index (χ0v) is 9.64.